The standard InChI is InChI=1S/C10H12ClNO/c11-7-3-4-8-9(12)2-1-5-13-10(8)6-7/h3-4,6,9H,1-2,5,12H2/t9-/m0/s1. The lowest BCUT2D eigenvalue weighted by Gasteiger charge is -2.11. The first-order valence-corrected chi connectivity index (χ1v) is 4.83. The third-order valence-electron chi connectivity index (χ3n) is 2.29. The molecule has 2 N–H and O–H groups in total. The van der Waals surface area contributed by atoms with Crippen molar-refractivity contribution in [2.24, 2.45) is 5.73 Å². The molecule has 1 aromatic carbocycles. The zero-order valence-corrected chi connectivity index (χ0v) is 8.05. The number of fused-ring (bicyclic) bond motifs is 1. The molecule has 0 saturated heterocycles. The molecule has 0 saturated carbocycles. The van der Waals surface area contributed by atoms with E-state index in [-0.39, 0.29) is 6.04 Å². The van der Waals surface area contributed by atoms with Crippen molar-refractivity contribution < 1.29 is 4.74 Å². The van der Waals surface area contributed by atoms with Gasteiger partial charge in [0.05, 0.1) is 6.61 Å². The lowest BCUT2D eigenvalue weighted by Crippen LogP contribution is -2.08. The van der Waals surface area contributed by atoms with E-state index in [2.05, 4.69) is 0 Å². The lowest BCUT2D eigenvalue weighted by atomic mass is 10.0. The van der Waals surface area contributed by atoms with Crippen LogP contribution in [0.4, 0.5) is 0 Å². The van der Waals surface area contributed by atoms with Crippen molar-refractivity contribution in [3.05, 3.63) is 28.8 Å². The molecular weight excluding hydrogens is 186 g/mol. The van der Waals surface area contributed by atoms with Crippen molar-refractivity contribution >= 4 is 11.6 Å². The van der Waals surface area contributed by atoms with E-state index in [4.69, 9.17) is 22.1 Å². The van der Waals surface area contributed by atoms with Gasteiger partial charge in [-0.3, -0.25) is 0 Å². The second-order valence-corrected chi connectivity index (χ2v) is 3.72. The number of ether oxygens (including phenoxy) is 1. The summed E-state index contributed by atoms with van der Waals surface area (Å²) in [5, 5.41) is 0.702. The summed E-state index contributed by atoms with van der Waals surface area (Å²) in [4.78, 5) is 0. The average Bonchev–Trinajstić information content (AvgIpc) is 2.28. The zero-order valence-electron chi connectivity index (χ0n) is 7.29. The molecule has 3 heteroatoms. The van der Waals surface area contributed by atoms with E-state index >= 15 is 0 Å². The second kappa shape index (κ2) is 3.56. The third kappa shape index (κ3) is 1.79. The van der Waals surface area contributed by atoms with Crippen LogP contribution in [0, 0.1) is 0 Å². The molecule has 0 aromatic heterocycles. The average molecular weight is 198 g/mol. The van der Waals surface area contributed by atoms with Crippen LogP contribution in [-0.2, 0) is 0 Å². The van der Waals surface area contributed by atoms with Crippen LogP contribution in [0.5, 0.6) is 5.75 Å². The van der Waals surface area contributed by atoms with Crippen molar-refractivity contribution in [1.29, 1.82) is 0 Å². The van der Waals surface area contributed by atoms with Crippen LogP contribution < -0.4 is 10.5 Å². The highest BCUT2D eigenvalue weighted by atomic mass is 35.5. The highest BCUT2D eigenvalue weighted by Gasteiger charge is 2.15. The molecule has 1 aliphatic heterocycles. The Balaban J connectivity index is 2.42. The van der Waals surface area contributed by atoms with Crippen LogP contribution in [-0.4, -0.2) is 6.61 Å². The molecule has 0 aliphatic carbocycles. The number of hydrogen-bond acceptors (Lipinski definition) is 2. The van der Waals surface area contributed by atoms with Gasteiger partial charge in [-0.15, -0.1) is 0 Å². The third-order valence-corrected chi connectivity index (χ3v) is 2.53. The molecule has 1 aromatic rings. The summed E-state index contributed by atoms with van der Waals surface area (Å²) < 4.78 is 5.54. The van der Waals surface area contributed by atoms with Crippen molar-refractivity contribution in [3.63, 3.8) is 0 Å². The molecule has 0 bridgehead atoms. The van der Waals surface area contributed by atoms with Gasteiger partial charge in [-0.2, -0.15) is 0 Å². The topological polar surface area (TPSA) is 35.2 Å². The second-order valence-electron chi connectivity index (χ2n) is 3.28. The van der Waals surface area contributed by atoms with Gasteiger partial charge >= 0.3 is 0 Å². The summed E-state index contributed by atoms with van der Waals surface area (Å²) in [5.41, 5.74) is 7.04. The van der Waals surface area contributed by atoms with Gasteiger partial charge in [-0.25, -0.2) is 0 Å². The first-order chi connectivity index (χ1) is 6.27. The molecule has 1 atom stereocenters. The van der Waals surface area contributed by atoms with Crippen LogP contribution in [0.1, 0.15) is 24.4 Å². The molecule has 2 rings (SSSR count). The summed E-state index contributed by atoms with van der Waals surface area (Å²) in [5.74, 6) is 0.845. The van der Waals surface area contributed by atoms with Crippen molar-refractivity contribution in [1.82, 2.24) is 0 Å². The molecule has 0 radical (unpaired) electrons. The van der Waals surface area contributed by atoms with Crippen LogP contribution in [0.3, 0.4) is 0 Å². The first kappa shape index (κ1) is 8.85. The highest BCUT2D eigenvalue weighted by molar-refractivity contribution is 6.30. The molecule has 1 heterocycles. The van der Waals surface area contributed by atoms with E-state index in [9.17, 15) is 0 Å². The van der Waals surface area contributed by atoms with Gasteiger partial charge in [0.15, 0.2) is 0 Å². The van der Waals surface area contributed by atoms with Gasteiger partial charge in [0.25, 0.3) is 0 Å². The molecular formula is C10H12ClNO. The van der Waals surface area contributed by atoms with Crippen LogP contribution in [0.2, 0.25) is 5.02 Å². The van der Waals surface area contributed by atoms with Gasteiger partial charge in [-0.05, 0) is 25.0 Å². The van der Waals surface area contributed by atoms with Gasteiger partial charge in [-0.1, -0.05) is 17.7 Å². The maximum absolute atomic E-state index is 5.97. The predicted octanol–water partition coefficient (Wildman–Crippen LogP) is 2.51. The summed E-state index contributed by atoms with van der Waals surface area (Å²) in [6.45, 7) is 0.737. The Labute approximate surface area is 82.6 Å². The number of rotatable bonds is 0. The smallest absolute Gasteiger partial charge is 0.125 e. The molecule has 0 fully saturated rings. The van der Waals surface area contributed by atoms with E-state index in [0.717, 1.165) is 30.8 Å². The van der Waals surface area contributed by atoms with Crippen LogP contribution in [0.25, 0.3) is 0 Å². The van der Waals surface area contributed by atoms with E-state index in [1.807, 2.05) is 18.2 Å². The Bertz CT molecular complexity index is 314. The van der Waals surface area contributed by atoms with E-state index < -0.39 is 0 Å². The molecule has 70 valence electrons. The normalized spacial score (nSPS) is 21.5. The Morgan fingerprint density at radius 3 is 3.15 bits per heavy atom. The SMILES string of the molecule is N[C@H]1CCCOc2cc(Cl)ccc21. The minimum atomic E-state index is 0.0924. The largest absolute Gasteiger partial charge is 0.493 e. The fourth-order valence-corrected chi connectivity index (χ4v) is 1.74. The maximum Gasteiger partial charge on any atom is 0.125 e. The van der Waals surface area contributed by atoms with Gasteiger partial charge in [0.1, 0.15) is 5.75 Å². The van der Waals surface area contributed by atoms with Crippen molar-refractivity contribution in [3.8, 4) is 5.75 Å². The lowest BCUT2D eigenvalue weighted by molar-refractivity contribution is 0.316. The van der Waals surface area contributed by atoms with Crippen LogP contribution in [0.15, 0.2) is 18.2 Å². The van der Waals surface area contributed by atoms with E-state index in [1.54, 1.807) is 0 Å². The first-order valence-electron chi connectivity index (χ1n) is 4.45. The van der Waals surface area contributed by atoms with Crippen molar-refractivity contribution in [2.75, 3.05) is 6.61 Å². The number of hydrogen-bond donors (Lipinski definition) is 1. The van der Waals surface area contributed by atoms with Crippen LogP contribution >= 0.6 is 11.6 Å². The predicted molar refractivity (Wildman–Crippen MR) is 53.1 cm³/mol. The number of halogens is 1. The number of benzene rings is 1. The van der Waals surface area contributed by atoms with Gasteiger partial charge in [0.2, 0.25) is 0 Å². The summed E-state index contributed by atoms with van der Waals surface area (Å²) >= 11 is 5.86. The summed E-state index contributed by atoms with van der Waals surface area (Å²) in [7, 11) is 0. The van der Waals surface area contributed by atoms with Gasteiger partial charge < -0.3 is 10.5 Å². The van der Waals surface area contributed by atoms with Gasteiger partial charge in [0, 0.05) is 16.6 Å². The monoisotopic (exact) mass is 197 g/mol. The summed E-state index contributed by atoms with van der Waals surface area (Å²) in [6, 6.07) is 5.74. The fourth-order valence-electron chi connectivity index (χ4n) is 1.58. The minimum Gasteiger partial charge on any atom is -0.493 e. The Kier molecular flexibility index (Phi) is 2.42. The van der Waals surface area contributed by atoms with Crippen molar-refractivity contribution in [2.45, 2.75) is 18.9 Å². The number of nitrogens with two attached hydrogens (primary N) is 1. The summed E-state index contributed by atoms with van der Waals surface area (Å²) in [6.07, 6.45) is 1.99. The molecule has 0 amide bonds. The molecule has 0 spiro atoms. The Morgan fingerprint density at radius 2 is 2.31 bits per heavy atom. The highest BCUT2D eigenvalue weighted by Crippen LogP contribution is 2.31. The molecule has 13 heavy (non-hydrogen) atoms. The molecule has 1 aliphatic rings. The fraction of sp³-hybridized carbons (Fsp3) is 0.400. The molecule has 2 nitrogen and oxygen atoms in total. The zero-order chi connectivity index (χ0) is 9.26. The van der Waals surface area contributed by atoms with E-state index in [0.29, 0.717) is 5.02 Å². The minimum absolute atomic E-state index is 0.0924. The quantitative estimate of drug-likeness (QED) is 0.694. The Morgan fingerprint density at radius 1 is 1.46 bits per heavy atom. The molecule has 0 unspecified atom stereocenters. The maximum atomic E-state index is 5.97. The van der Waals surface area contributed by atoms with E-state index in [1.165, 1.54) is 0 Å². The Hall–Kier alpha value is -0.730.